The van der Waals surface area contributed by atoms with E-state index in [9.17, 15) is 18.3 Å². The monoisotopic (exact) mass is 301 g/mol. The van der Waals surface area contributed by atoms with Crippen LogP contribution >= 0.6 is 0 Å². The number of sulfonamides is 1. The van der Waals surface area contributed by atoms with Crippen LogP contribution in [0.2, 0.25) is 0 Å². The first-order valence-electron chi connectivity index (χ1n) is 6.53. The first-order chi connectivity index (χ1) is 9.23. The Morgan fingerprint density at radius 2 is 2.20 bits per heavy atom. The van der Waals surface area contributed by atoms with Crippen molar-refractivity contribution in [1.29, 1.82) is 0 Å². The van der Waals surface area contributed by atoms with E-state index >= 15 is 0 Å². The summed E-state index contributed by atoms with van der Waals surface area (Å²) in [4.78, 5) is 15.5. The molecule has 1 N–H and O–H groups in total. The van der Waals surface area contributed by atoms with Crippen LogP contribution < -0.4 is 0 Å². The maximum absolute atomic E-state index is 12.6. The molecule has 2 rings (SSSR count). The van der Waals surface area contributed by atoms with Gasteiger partial charge in [-0.25, -0.2) is 13.4 Å². The van der Waals surface area contributed by atoms with Gasteiger partial charge < -0.3 is 9.67 Å². The highest BCUT2D eigenvalue weighted by molar-refractivity contribution is 7.89. The van der Waals surface area contributed by atoms with E-state index in [1.165, 1.54) is 13.1 Å². The molecule has 0 aliphatic carbocycles. The second-order valence-corrected chi connectivity index (χ2v) is 6.98. The molecule has 0 aromatic carbocycles. The van der Waals surface area contributed by atoms with E-state index in [-0.39, 0.29) is 11.6 Å². The third-order valence-corrected chi connectivity index (χ3v) is 5.78. The zero-order valence-corrected chi connectivity index (χ0v) is 12.6. The molecule has 1 aromatic heterocycles. The Labute approximate surface area is 118 Å². The van der Waals surface area contributed by atoms with Gasteiger partial charge in [-0.15, -0.1) is 0 Å². The Bertz CT molecular complexity index is 637. The number of carboxylic acids is 1. The molecule has 7 nitrogen and oxygen atoms in total. The minimum absolute atomic E-state index is 0.0776. The minimum Gasteiger partial charge on any atom is -0.480 e. The van der Waals surface area contributed by atoms with E-state index in [4.69, 9.17) is 0 Å². The quantitative estimate of drug-likeness (QED) is 0.889. The van der Waals surface area contributed by atoms with Crippen LogP contribution in [0.3, 0.4) is 0 Å². The second-order valence-electron chi connectivity index (χ2n) is 5.17. The SMILES string of the molecule is CCn1cc(S(=O)(=O)N2CCCC2(C)C(=O)O)nc1C. The number of nitrogens with zero attached hydrogens (tertiary/aromatic N) is 3. The topological polar surface area (TPSA) is 92.5 Å². The number of hydrogen-bond acceptors (Lipinski definition) is 4. The molecule has 1 atom stereocenters. The predicted octanol–water partition coefficient (Wildman–Crippen LogP) is 0.839. The number of imidazole rings is 1. The summed E-state index contributed by atoms with van der Waals surface area (Å²) < 4.78 is 28.0. The van der Waals surface area contributed by atoms with Gasteiger partial charge in [-0.2, -0.15) is 4.31 Å². The third-order valence-electron chi connectivity index (χ3n) is 3.89. The lowest BCUT2D eigenvalue weighted by Gasteiger charge is -2.29. The fraction of sp³-hybridized carbons (Fsp3) is 0.667. The summed E-state index contributed by atoms with van der Waals surface area (Å²) in [6.45, 7) is 5.89. The fourth-order valence-corrected chi connectivity index (χ4v) is 4.38. The van der Waals surface area contributed by atoms with Gasteiger partial charge in [0.05, 0.1) is 0 Å². The van der Waals surface area contributed by atoms with Crippen LogP contribution in [0, 0.1) is 6.92 Å². The van der Waals surface area contributed by atoms with E-state index < -0.39 is 21.5 Å². The Balaban J connectivity index is 2.46. The van der Waals surface area contributed by atoms with Gasteiger partial charge in [0.2, 0.25) is 0 Å². The first kappa shape index (κ1) is 15.0. The lowest BCUT2D eigenvalue weighted by Crippen LogP contribution is -2.50. The molecule has 0 radical (unpaired) electrons. The zero-order valence-electron chi connectivity index (χ0n) is 11.8. The Morgan fingerprint density at radius 1 is 1.55 bits per heavy atom. The average molecular weight is 301 g/mol. The molecule has 0 amide bonds. The molecule has 112 valence electrons. The van der Waals surface area contributed by atoms with E-state index in [2.05, 4.69) is 4.98 Å². The first-order valence-corrected chi connectivity index (χ1v) is 7.97. The summed E-state index contributed by atoms with van der Waals surface area (Å²) in [5.74, 6) is -0.521. The number of carboxylic acid groups (broad SMARTS) is 1. The summed E-state index contributed by atoms with van der Waals surface area (Å²) in [6, 6.07) is 0. The minimum atomic E-state index is -3.88. The van der Waals surface area contributed by atoms with Gasteiger partial charge >= 0.3 is 5.97 Å². The summed E-state index contributed by atoms with van der Waals surface area (Å²) in [6.07, 6.45) is 2.32. The van der Waals surface area contributed by atoms with Crippen molar-refractivity contribution >= 4 is 16.0 Å². The van der Waals surface area contributed by atoms with Gasteiger partial charge in [-0.3, -0.25) is 4.79 Å². The number of carbonyl (C=O) groups is 1. The molecule has 8 heteroatoms. The summed E-state index contributed by atoms with van der Waals surface area (Å²) in [5, 5.41) is 9.25. The number of rotatable bonds is 4. The van der Waals surface area contributed by atoms with Crippen LogP contribution in [0.15, 0.2) is 11.2 Å². The normalized spacial score (nSPS) is 24.1. The summed E-state index contributed by atoms with van der Waals surface area (Å²) in [7, 11) is -3.88. The van der Waals surface area contributed by atoms with Crippen LogP contribution in [0.4, 0.5) is 0 Å². The van der Waals surface area contributed by atoms with E-state index in [1.54, 1.807) is 11.5 Å². The molecule has 1 aliphatic heterocycles. The molecule has 1 saturated heterocycles. The van der Waals surface area contributed by atoms with Crippen molar-refractivity contribution in [2.75, 3.05) is 6.54 Å². The maximum Gasteiger partial charge on any atom is 0.324 e. The zero-order chi connectivity index (χ0) is 15.1. The van der Waals surface area contributed by atoms with Gasteiger partial charge in [-0.1, -0.05) is 0 Å². The van der Waals surface area contributed by atoms with Gasteiger partial charge in [0.25, 0.3) is 10.0 Å². The fourth-order valence-electron chi connectivity index (χ4n) is 2.57. The number of hydrogen-bond donors (Lipinski definition) is 1. The van der Waals surface area contributed by atoms with Crippen LogP contribution in [-0.4, -0.2) is 45.4 Å². The van der Waals surface area contributed by atoms with Crippen molar-refractivity contribution in [2.45, 2.75) is 50.7 Å². The average Bonchev–Trinajstić information content (AvgIpc) is 2.94. The largest absolute Gasteiger partial charge is 0.480 e. The van der Waals surface area contributed by atoms with E-state index in [1.807, 2.05) is 6.92 Å². The number of aliphatic carboxylic acids is 1. The smallest absolute Gasteiger partial charge is 0.324 e. The predicted molar refractivity (Wildman–Crippen MR) is 71.8 cm³/mol. The van der Waals surface area contributed by atoms with Crippen molar-refractivity contribution in [3.63, 3.8) is 0 Å². The molecule has 1 unspecified atom stereocenters. The van der Waals surface area contributed by atoms with Crippen LogP contribution in [0.25, 0.3) is 0 Å². The third kappa shape index (κ3) is 2.12. The number of aromatic nitrogens is 2. The summed E-state index contributed by atoms with van der Waals surface area (Å²) >= 11 is 0. The molecule has 20 heavy (non-hydrogen) atoms. The number of aryl methyl sites for hydroxylation is 2. The lowest BCUT2D eigenvalue weighted by molar-refractivity contribution is -0.146. The molecular weight excluding hydrogens is 282 g/mol. The highest BCUT2D eigenvalue weighted by Gasteiger charge is 2.50. The standard InChI is InChI=1S/C12H19N3O4S/c1-4-14-8-10(13-9(14)2)20(18,19)15-7-5-6-12(15,3)11(16)17/h8H,4-7H2,1-3H3,(H,16,17). The second kappa shape index (κ2) is 4.85. The Kier molecular flexibility index (Phi) is 3.64. The molecule has 1 aliphatic rings. The van der Waals surface area contributed by atoms with Crippen molar-refractivity contribution in [2.24, 2.45) is 0 Å². The molecule has 2 heterocycles. The Morgan fingerprint density at radius 3 is 2.70 bits per heavy atom. The van der Waals surface area contributed by atoms with E-state index in [0.29, 0.717) is 25.2 Å². The van der Waals surface area contributed by atoms with Crippen molar-refractivity contribution < 1.29 is 18.3 Å². The van der Waals surface area contributed by atoms with Crippen LogP contribution in [0.5, 0.6) is 0 Å². The van der Waals surface area contributed by atoms with Crippen molar-refractivity contribution in [3.8, 4) is 0 Å². The van der Waals surface area contributed by atoms with Gasteiger partial charge in [0.15, 0.2) is 5.03 Å². The summed E-state index contributed by atoms with van der Waals surface area (Å²) in [5.41, 5.74) is -1.39. The van der Waals surface area contributed by atoms with Gasteiger partial charge in [-0.05, 0) is 33.6 Å². The highest BCUT2D eigenvalue weighted by atomic mass is 32.2. The Hall–Kier alpha value is -1.41. The molecule has 0 saturated carbocycles. The molecule has 0 spiro atoms. The maximum atomic E-state index is 12.6. The van der Waals surface area contributed by atoms with Gasteiger partial charge in [0, 0.05) is 19.3 Å². The van der Waals surface area contributed by atoms with Crippen molar-refractivity contribution in [3.05, 3.63) is 12.0 Å². The van der Waals surface area contributed by atoms with Crippen LogP contribution in [0.1, 0.15) is 32.5 Å². The van der Waals surface area contributed by atoms with Crippen molar-refractivity contribution in [1.82, 2.24) is 13.9 Å². The lowest BCUT2D eigenvalue weighted by atomic mass is 10.0. The van der Waals surface area contributed by atoms with Gasteiger partial charge in [0.1, 0.15) is 11.4 Å². The molecule has 1 fully saturated rings. The highest BCUT2D eigenvalue weighted by Crippen LogP contribution is 2.34. The molecule has 0 bridgehead atoms. The van der Waals surface area contributed by atoms with Crippen LogP contribution in [-0.2, 0) is 21.4 Å². The molecular formula is C12H19N3O4S. The van der Waals surface area contributed by atoms with E-state index in [0.717, 1.165) is 4.31 Å². The molecule has 1 aromatic rings.